The summed E-state index contributed by atoms with van der Waals surface area (Å²) in [5.74, 6) is 2.78. The van der Waals surface area contributed by atoms with E-state index >= 15 is 0 Å². The second-order valence-electron chi connectivity index (χ2n) is 7.61. The number of benzene rings is 2. The molecule has 0 N–H and O–H groups in total. The van der Waals surface area contributed by atoms with Gasteiger partial charge in [0.1, 0.15) is 0 Å². The Labute approximate surface area is 177 Å². The van der Waals surface area contributed by atoms with Gasteiger partial charge in [-0.2, -0.15) is 0 Å². The second-order valence-corrected chi connectivity index (χ2v) is 7.61. The SMILES string of the molecule is COc1ccc(CN2CCN(Cc3nnc(-c4ccc(C)cc4)o3)CC2)cc1OC. The first kappa shape index (κ1) is 20.4. The average Bonchev–Trinajstić information content (AvgIpc) is 3.24. The number of hydrogen-bond acceptors (Lipinski definition) is 7. The first-order valence-electron chi connectivity index (χ1n) is 10.2. The van der Waals surface area contributed by atoms with Crippen molar-refractivity contribution in [3.63, 3.8) is 0 Å². The Morgan fingerprint density at radius 3 is 2.17 bits per heavy atom. The predicted octanol–water partition coefficient (Wildman–Crippen LogP) is 3.38. The van der Waals surface area contributed by atoms with E-state index in [9.17, 15) is 0 Å². The summed E-state index contributed by atoms with van der Waals surface area (Å²) in [5.41, 5.74) is 3.39. The molecule has 3 aromatic rings. The third kappa shape index (κ3) is 4.80. The van der Waals surface area contributed by atoms with Crippen molar-refractivity contribution >= 4 is 0 Å². The van der Waals surface area contributed by atoms with Gasteiger partial charge < -0.3 is 13.9 Å². The highest BCUT2D eigenvalue weighted by atomic mass is 16.5. The van der Waals surface area contributed by atoms with Gasteiger partial charge >= 0.3 is 0 Å². The van der Waals surface area contributed by atoms with Gasteiger partial charge in [-0.15, -0.1) is 10.2 Å². The summed E-state index contributed by atoms with van der Waals surface area (Å²) >= 11 is 0. The predicted molar refractivity (Wildman–Crippen MR) is 115 cm³/mol. The summed E-state index contributed by atoms with van der Waals surface area (Å²) in [5, 5.41) is 8.44. The van der Waals surface area contributed by atoms with Gasteiger partial charge in [-0.1, -0.05) is 23.8 Å². The molecule has 0 radical (unpaired) electrons. The number of aromatic nitrogens is 2. The summed E-state index contributed by atoms with van der Waals surface area (Å²) in [6.07, 6.45) is 0. The lowest BCUT2D eigenvalue weighted by molar-refractivity contribution is 0.114. The Hall–Kier alpha value is -2.90. The maximum absolute atomic E-state index is 5.88. The highest BCUT2D eigenvalue weighted by Gasteiger charge is 2.20. The van der Waals surface area contributed by atoms with E-state index in [0.29, 0.717) is 18.3 Å². The molecule has 0 unspecified atom stereocenters. The highest BCUT2D eigenvalue weighted by molar-refractivity contribution is 5.52. The van der Waals surface area contributed by atoms with Crippen LogP contribution in [0.25, 0.3) is 11.5 Å². The lowest BCUT2D eigenvalue weighted by Crippen LogP contribution is -2.45. The van der Waals surface area contributed by atoms with E-state index in [0.717, 1.165) is 49.8 Å². The number of hydrogen-bond donors (Lipinski definition) is 0. The van der Waals surface area contributed by atoms with Gasteiger partial charge in [-0.25, -0.2) is 0 Å². The van der Waals surface area contributed by atoms with Gasteiger partial charge in [0.25, 0.3) is 0 Å². The van der Waals surface area contributed by atoms with Crippen molar-refractivity contribution in [2.45, 2.75) is 20.0 Å². The number of rotatable bonds is 7. The molecule has 2 aromatic carbocycles. The molecule has 30 heavy (non-hydrogen) atoms. The number of piperazine rings is 1. The second kappa shape index (κ2) is 9.28. The highest BCUT2D eigenvalue weighted by Crippen LogP contribution is 2.28. The van der Waals surface area contributed by atoms with Gasteiger partial charge in [0.15, 0.2) is 11.5 Å². The quantitative estimate of drug-likeness (QED) is 0.594. The van der Waals surface area contributed by atoms with Crippen molar-refractivity contribution in [2.75, 3.05) is 40.4 Å². The summed E-state index contributed by atoms with van der Waals surface area (Å²) in [6.45, 7) is 7.56. The minimum Gasteiger partial charge on any atom is -0.493 e. The largest absolute Gasteiger partial charge is 0.493 e. The zero-order valence-electron chi connectivity index (χ0n) is 17.8. The van der Waals surface area contributed by atoms with Crippen LogP contribution in [0.15, 0.2) is 46.9 Å². The Balaban J connectivity index is 1.29. The lowest BCUT2D eigenvalue weighted by Gasteiger charge is -2.34. The first-order chi connectivity index (χ1) is 14.6. The van der Waals surface area contributed by atoms with Gasteiger partial charge in [-0.05, 0) is 36.8 Å². The van der Waals surface area contributed by atoms with Crippen LogP contribution >= 0.6 is 0 Å². The fraction of sp³-hybridized carbons (Fsp3) is 0.391. The molecule has 158 valence electrons. The van der Waals surface area contributed by atoms with Crippen molar-refractivity contribution in [1.29, 1.82) is 0 Å². The lowest BCUT2D eigenvalue weighted by atomic mass is 10.1. The Morgan fingerprint density at radius 1 is 0.833 bits per heavy atom. The van der Waals surface area contributed by atoms with Crippen LogP contribution < -0.4 is 9.47 Å². The standard InChI is InChI=1S/C23H28N4O3/c1-17-4-7-19(8-5-17)23-25-24-22(30-23)16-27-12-10-26(11-13-27)15-18-6-9-20(28-2)21(14-18)29-3/h4-9,14H,10-13,15-16H2,1-3H3. The van der Waals surface area contributed by atoms with Crippen molar-refractivity contribution in [1.82, 2.24) is 20.0 Å². The summed E-state index contributed by atoms with van der Waals surface area (Å²) in [6, 6.07) is 14.2. The molecule has 1 saturated heterocycles. The van der Waals surface area contributed by atoms with Crippen molar-refractivity contribution in [3.8, 4) is 23.0 Å². The summed E-state index contributed by atoms with van der Waals surface area (Å²) in [4.78, 5) is 4.81. The first-order valence-corrected chi connectivity index (χ1v) is 10.2. The molecule has 7 nitrogen and oxygen atoms in total. The molecule has 0 saturated carbocycles. The Kier molecular flexibility index (Phi) is 6.30. The van der Waals surface area contributed by atoms with E-state index in [4.69, 9.17) is 13.9 Å². The zero-order valence-corrected chi connectivity index (χ0v) is 17.8. The molecule has 1 aromatic heterocycles. The monoisotopic (exact) mass is 408 g/mol. The van der Waals surface area contributed by atoms with Crippen LogP contribution in [0.1, 0.15) is 17.0 Å². The maximum atomic E-state index is 5.88. The minimum absolute atomic E-state index is 0.581. The van der Waals surface area contributed by atoms with Crippen LogP contribution in [-0.4, -0.2) is 60.4 Å². The van der Waals surface area contributed by atoms with Gasteiger partial charge in [0, 0.05) is 38.3 Å². The van der Waals surface area contributed by atoms with Crippen LogP contribution in [0, 0.1) is 6.92 Å². The van der Waals surface area contributed by atoms with Crippen molar-refractivity contribution < 1.29 is 13.9 Å². The summed E-state index contributed by atoms with van der Waals surface area (Å²) < 4.78 is 16.6. The molecule has 1 aliphatic heterocycles. The van der Waals surface area contributed by atoms with Crippen LogP contribution in [-0.2, 0) is 13.1 Å². The molecule has 7 heteroatoms. The Bertz CT molecular complexity index is 963. The van der Waals surface area contributed by atoms with Crippen LogP contribution in [0.5, 0.6) is 11.5 Å². The van der Waals surface area contributed by atoms with E-state index in [-0.39, 0.29) is 0 Å². The molecule has 4 rings (SSSR count). The van der Waals surface area contributed by atoms with Crippen molar-refractivity contribution in [3.05, 3.63) is 59.5 Å². The van der Waals surface area contributed by atoms with Gasteiger partial charge in [0.05, 0.1) is 20.8 Å². The van der Waals surface area contributed by atoms with Crippen LogP contribution in [0.4, 0.5) is 0 Å². The topological polar surface area (TPSA) is 63.9 Å². The summed E-state index contributed by atoms with van der Waals surface area (Å²) in [7, 11) is 3.33. The fourth-order valence-corrected chi connectivity index (χ4v) is 3.66. The molecular formula is C23H28N4O3. The van der Waals surface area contributed by atoms with Crippen molar-refractivity contribution in [2.24, 2.45) is 0 Å². The number of ether oxygens (including phenoxy) is 2. The third-order valence-electron chi connectivity index (χ3n) is 5.44. The van der Waals surface area contributed by atoms with Crippen LogP contribution in [0.2, 0.25) is 0 Å². The molecule has 1 aliphatic rings. The third-order valence-corrected chi connectivity index (χ3v) is 5.44. The van der Waals surface area contributed by atoms with E-state index in [2.05, 4.69) is 51.2 Å². The molecule has 1 fully saturated rings. The van der Waals surface area contributed by atoms with Gasteiger partial charge in [0.2, 0.25) is 11.8 Å². The van der Waals surface area contributed by atoms with Crippen LogP contribution in [0.3, 0.4) is 0 Å². The van der Waals surface area contributed by atoms with E-state index in [1.54, 1.807) is 14.2 Å². The number of nitrogens with zero attached hydrogens (tertiary/aromatic N) is 4. The smallest absolute Gasteiger partial charge is 0.247 e. The average molecular weight is 409 g/mol. The van der Waals surface area contributed by atoms with E-state index in [1.165, 1.54) is 11.1 Å². The molecule has 0 spiro atoms. The van der Waals surface area contributed by atoms with E-state index < -0.39 is 0 Å². The maximum Gasteiger partial charge on any atom is 0.247 e. The molecular weight excluding hydrogens is 380 g/mol. The normalized spacial score (nSPS) is 15.3. The molecule has 0 aliphatic carbocycles. The number of aryl methyl sites for hydroxylation is 1. The molecule has 0 atom stereocenters. The Morgan fingerprint density at radius 2 is 1.50 bits per heavy atom. The van der Waals surface area contributed by atoms with E-state index in [1.807, 2.05) is 18.2 Å². The zero-order chi connectivity index (χ0) is 20.9. The fourth-order valence-electron chi connectivity index (χ4n) is 3.66. The molecule has 2 heterocycles. The van der Waals surface area contributed by atoms with Gasteiger partial charge in [-0.3, -0.25) is 9.80 Å². The molecule has 0 bridgehead atoms. The molecule has 0 amide bonds. The number of methoxy groups -OCH3 is 2. The minimum atomic E-state index is 0.581.